The van der Waals surface area contributed by atoms with Crippen LogP contribution in [-0.2, 0) is 14.3 Å². The highest BCUT2D eigenvalue weighted by molar-refractivity contribution is 6.40. The van der Waals surface area contributed by atoms with Crippen molar-refractivity contribution in [3.8, 4) is 0 Å². The topological polar surface area (TPSA) is 58.6 Å². The number of benzene rings is 1. The Bertz CT molecular complexity index is 535. The number of carbonyl (C=O) groups is 2. The van der Waals surface area contributed by atoms with Crippen molar-refractivity contribution in [3.05, 3.63) is 27.7 Å². The molecule has 0 unspecified atom stereocenters. The van der Waals surface area contributed by atoms with Gasteiger partial charge in [0.2, 0.25) is 5.91 Å². The molecule has 0 heterocycles. The molecule has 7 heteroatoms. The molecule has 21 heavy (non-hydrogen) atoms. The van der Waals surface area contributed by atoms with Crippen molar-refractivity contribution in [2.45, 2.75) is 13.8 Å². The lowest BCUT2D eigenvalue weighted by atomic mass is 10.2. The Balaban J connectivity index is 2.73. The lowest BCUT2D eigenvalue weighted by molar-refractivity contribution is -0.142. The van der Waals surface area contributed by atoms with Gasteiger partial charge < -0.3 is 10.1 Å². The van der Waals surface area contributed by atoms with Gasteiger partial charge in [0.25, 0.3) is 0 Å². The van der Waals surface area contributed by atoms with Crippen LogP contribution in [0.3, 0.4) is 0 Å². The Hall–Kier alpha value is -1.30. The summed E-state index contributed by atoms with van der Waals surface area (Å²) in [4.78, 5) is 24.9. The summed E-state index contributed by atoms with van der Waals surface area (Å²) in [7, 11) is 1.31. The normalized spacial score (nSPS) is 10.6. The summed E-state index contributed by atoms with van der Waals surface area (Å²) in [5.74, 6) is -0.688. The molecule has 1 aromatic rings. The number of aryl methyl sites for hydroxylation is 1. The lowest BCUT2D eigenvalue weighted by Crippen LogP contribution is -2.37. The van der Waals surface area contributed by atoms with Crippen LogP contribution in [-0.4, -0.2) is 43.5 Å². The number of nitrogens with one attached hydrogen (secondary N) is 1. The molecule has 116 valence electrons. The van der Waals surface area contributed by atoms with Gasteiger partial charge in [-0.05, 0) is 25.1 Å². The molecule has 1 rings (SSSR count). The molecule has 0 spiro atoms. The van der Waals surface area contributed by atoms with E-state index < -0.39 is 5.97 Å². The fraction of sp³-hybridized carbons (Fsp3) is 0.429. The first kappa shape index (κ1) is 17.8. The van der Waals surface area contributed by atoms with Crippen molar-refractivity contribution in [2.24, 2.45) is 0 Å². The minimum absolute atomic E-state index is 0.0478. The summed E-state index contributed by atoms with van der Waals surface area (Å²) in [5, 5.41) is 3.46. The zero-order chi connectivity index (χ0) is 16.0. The second kappa shape index (κ2) is 8.22. The van der Waals surface area contributed by atoms with Crippen molar-refractivity contribution in [1.82, 2.24) is 4.90 Å². The smallest absolute Gasteiger partial charge is 0.319 e. The number of rotatable bonds is 6. The number of anilines is 1. The van der Waals surface area contributed by atoms with E-state index in [1.54, 1.807) is 17.0 Å². The zero-order valence-corrected chi connectivity index (χ0v) is 13.7. The highest BCUT2D eigenvalue weighted by atomic mass is 35.5. The molecule has 1 aromatic carbocycles. The Labute approximate surface area is 134 Å². The van der Waals surface area contributed by atoms with Gasteiger partial charge in [-0.25, -0.2) is 0 Å². The molecule has 0 aromatic heterocycles. The zero-order valence-electron chi connectivity index (χ0n) is 12.2. The van der Waals surface area contributed by atoms with Gasteiger partial charge in [0.05, 0.1) is 35.9 Å². The maximum atomic E-state index is 12.0. The van der Waals surface area contributed by atoms with E-state index in [0.717, 1.165) is 5.56 Å². The van der Waals surface area contributed by atoms with Crippen molar-refractivity contribution in [1.29, 1.82) is 0 Å². The number of esters is 1. The fourth-order valence-corrected chi connectivity index (χ4v) is 2.15. The van der Waals surface area contributed by atoms with Crippen LogP contribution < -0.4 is 5.32 Å². The van der Waals surface area contributed by atoms with Crippen molar-refractivity contribution in [3.63, 3.8) is 0 Å². The van der Waals surface area contributed by atoms with E-state index in [4.69, 9.17) is 23.2 Å². The monoisotopic (exact) mass is 332 g/mol. The standard InChI is InChI=1S/C14H18Cl2N2O3/c1-4-18(8-12(20)21-3)7-11(19)17-14-10(15)6-5-9(2)13(14)16/h5-6H,4,7-8H2,1-3H3,(H,17,19). The quantitative estimate of drug-likeness (QED) is 0.814. The molecular weight excluding hydrogens is 315 g/mol. The molecule has 5 nitrogen and oxygen atoms in total. The molecule has 0 aliphatic carbocycles. The van der Waals surface area contributed by atoms with E-state index >= 15 is 0 Å². The predicted molar refractivity (Wildman–Crippen MR) is 84.0 cm³/mol. The molecule has 1 amide bonds. The molecule has 0 bridgehead atoms. The predicted octanol–water partition coefficient (Wildman–Crippen LogP) is 2.74. The average molecular weight is 333 g/mol. The fourth-order valence-electron chi connectivity index (χ4n) is 1.68. The highest BCUT2D eigenvalue weighted by Gasteiger charge is 2.16. The number of carbonyl (C=O) groups excluding carboxylic acids is 2. The maximum absolute atomic E-state index is 12.0. The molecular formula is C14H18Cl2N2O3. The van der Waals surface area contributed by atoms with Gasteiger partial charge in [-0.1, -0.05) is 36.2 Å². The van der Waals surface area contributed by atoms with Crippen LogP contribution in [0.15, 0.2) is 12.1 Å². The van der Waals surface area contributed by atoms with Gasteiger partial charge in [0, 0.05) is 0 Å². The van der Waals surface area contributed by atoms with E-state index in [2.05, 4.69) is 10.1 Å². The Kier molecular flexibility index (Phi) is 6.95. The van der Waals surface area contributed by atoms with E-state index in [1.165, 1.54) is 7.11 Å². The van der Waals surface area contributed by atoms with Crippen LogP contribution in [0.4, 0.5) is 5.69 Å². The van der Waals surface area contributed by atoms with Crippen LogP contribution >= 0.6 is 23.2 Å². The van der Waals surface area contributed by atoms with Crippen LogP contribution in [0.2, 0.25) is 10.0 Å². The second-order valence-corrected chi connectivity index (χ2v) is 5.27. The Morgan fingerprint density at radius 2 is 1.95 bits per heavy atom. The van der Waals surface area contributed by atoms with E-state index in [0.29, 0.717) is 22.3 Å². The number of methoxy groups -OCH3 is 1. The molecule has 0 aliphatic rings. The summed E-state index contributed by atoms with van der Waals surface area (Å²) in [6.45, 7) is 4.31. The molecule has 0 fully saturated rings. The summed E-state index contributed by atoms with van der Waals surface area (Å²) in [6.07, 6.45) is 0. The third-order valence-corrected chi connectivity index (χ3v) is 3.75. The third-order valence-electron chi connectivity index (χ3n) is 2.94. The molecule has 0 saturated carbocycles. The number of nitrogens with zero attached hydrogens (tertiary/aromatic N) is 1. The van der Waals surface area contributed by atoms with E-state index in [-0.39, 0.29) is 19.0 Å². The van der Waals surface area contributed by atoms with Gasteiger partial charge in [-0.2, -0.15) is 0 Å². The Morgan fingerprint density at radius 1 is 1.29 bits per heavy atom. The van der Waals surface area contributed by atoms with Gasteiger partial charge in [0.1, 0.15) is 0 Å². The summed E-state index contributed by atoms with van der Waals surface area (Å²) < 4.78 is 4.58. The van der Waals surface area contributed by atoms with Crippen LogP contribution in [0.5, 0.6) is 0 Å². The highest BCUT2D eigenvalue weighted by Crippen LogP contribution is 2.32. The third kappa shape index (κ3) is 5.19. The van der Waals surface area contributed by atoms with Crippen molar-refractivity contribution < 1.29 is 14.3 Å². The van der Waals surface area contributed by atoms with Crippen LogP contribution in [0, 0.1) is 6.92 Å². The summed E-state index contributed by atoms with van der Waals surface area (Å²) >= 11 is 12.2. The molecule has 1 N–H and O–H groups in total. The van der Waals surface area contributed by atoms with Gasteiger partial charge >= 0.3 is 5.97 Å². The first-order valence-corrected chi connectivity index (χ1v) is 7.18. The SMILES string of the molecule is CCN(CC(=O)Nc1c(Cl)ccc(C)c1Cl)CC(=O)OC. The molecule has 0 atom stereocenters. The van der Waals surface area contributed by atoms with Crippen molar-refractivity contribution in [2.75, 3.05) is 32.1 Å². The molecule has 0 saturated heterocycles. The number of hydrogen-bond donors (Lipinski definition) is 1. The lowest BCUT2D eigenvalue weighted by Gasteiger charge is -2.19. The van der Waals surface area contributed by atoms with Gasteiger partial charge in [0.15, 0.2) is 0 Å². The van der Waals surface area contributed by atoms with E-state index in [9.17, 15) is 9.59 Å². The Morgan fingerprint density at radius 3 is 2.52 bits per heavy atom. The van der Waals surface area contributed by atoms with E-state index in [1.807, 2.05) is 13.8 Å². The second-order valence-electron chi connectivity index (χ2n) is 4.48. The first-order valence-electron chi connectivity index (χ1n) is 6.42. The summed E-state index contributed by atoms with van der Waals surface area (Å²) in [6, 6.07) is 3.44. The minimum atomic E-state index is -0.392. The molecule has 0 aliphatic heterocycles. The van der Waals surface area contributed by atoms with Crippen LogP contribution in [0.1, 0.15) is 12.5 Å². The number of amides is 1. The largest absolute Gasteiger partial charge is 0.468 e. The molecule has 0 radical (unpaired) electrons. The van der Waals surface area contributed by atoms with Gasteiger partial charge in [-0.15, -0.1) is 0 Å². The van der Waals surface area contributed by atoms with Gasteiger partial charge in [-0.3, -0.25) is 14.5 Å². The van der Waals surface area contributed by atoms with Crippen LogP contribution in [0.25, 0.3) is 0 Å². The summed E-state index contributed by atoms with van der Waals surface area (Å²) in [5.41, 5.74) is 1.20. The average Bonchev–Trinajstić information content (AvgIpc) is 2.46. The number of halogens is 2. The van der Waals surface area contributed by atoms with Crippen molar-refractivity contribution >= 4 is 40.8 Å². The maximum Gasteiger partial charge on any atom is 0.319 e. The first-order chi connectivity index (χ1) is 9.88. The minimum Gasteiger partial charge on any atom is -0.468 e. The number of hydrogen-bond acceptors (Lipinski definition) is 4. The number of ether oxygens (including phenoxy) is 1. The number of likely N-dealkylation sites (N-methyl/N-ethyl adjacent to an activating group) is 1.